The number of hydrogen-bond acceptors (Lipinski definition) is 3. The summed E-state index contributed by atoms with van der Waals surface area (Å²) in [5.41, 5.74) is 1.10. The average molecular weight is 226 g/mol. The molecule has 0 atom stereocenters. The van der Waals surface area contributed by atoms with E-state index in [0.717, 1.165) is 18.1 Å². The fourth-order valence-electron chi connectivity index (χ4n) is 1.77. The number of nitrogens with zero attached hydrogens (tertiary/aromatic N) is 3. The van der Waals surface area contributed by atoms with Crippen molar-refractivity contribution in [3.63, 3.8) is 0 Å². The lowest BCUT2D eigenvalue weighted by atomic mass is 9.92. The summed E-state index contributed by atoms with van der Waals surface area (Å²) in [4.78, 5) is 10.9. The van der Waals surface area contributed by atoms with Crippen molar-refractivity contribution < 1.29 is 0 Å². The molecule has 1 aliphatic rings. The van der Waals surface area contributed by atoms with Crippen LogP contribution in [0, 0.1) is 6.92 Å². The molecular formula is C11H16ClN3. The van der Waals surface area contributed by atoms with Crippen LogP contribution in [0.4, 0.5) is 5.95 Å². The molecule has 1 aliphatic carbocycles. The van der Waals surface area contributed by atoms with Gasteiger partial charge in [0.25, 0.3) is 0 Å². The van der Waals surface area contributed by atoms with E-state index in [4.69, 9.17) is 11.6 Å². The first-order valence-electron chi connectivity index (χ1n) is 5.42. The molecule has 0 N–H and O–H groups in total. The summed E-state index contributed by atoms with van der Waals surface area (Å²) in [5, 5.41) is 0. The molecule has 2 rings (SSSR count). The summed E-state index contributed by atoms with van der Waals surface area (Å²) in [6.45, 7) is 2.84. The van der Waals surface area contributed by atoms with Gasteiger partial charge in [-0.1, -0.05) is 0 Å². The van der Waals surface area contributed by atoms with Gasteiger partial charge >= 0.3 is 0 Å². The van der Waals surface area contributed by atoms with Crippen LogP contribution in [-0.4, -0.2) is 28.4 Å². The van der Waals surface area contributed by atoms with Crippen molar-refractivity contribution in [3.8, 4) is 0 Å². The van der Waals surface area contributed by atoms with E-state index >= 15 is 0 Å². The molecule has 0 aromatic carbocycles. The largest absolute Gasteiger partial charge is 0.337 e. The first kappa shape index (κ1) is 10.7. The van der Waals surface area contributed by atoms with Crippen molar-refractivity contribution in [2.45, 2.75) is 32.2 Å². The topological polar surface area (TPSA) is 29.0 Å². The molecule has 0 bridgehead atoms. The minimum Gasteiger partial charge on any atom is -0.337 e. The van der Waals surface area contributed by atoms with Crippen LogP contribution in [-0.2, 0) is 0 Å². The van der Waals surface area contributed by atoms with Gasteiger partial charge in [-0.3, -0.25) is 0 Å². The van der Waals surface area contributed by atoms with Gasteiger partial charge in [-0.15, -0.1) is 11.6 Å². The zero-order valence-corrected chi connectivity index (χ0v) is 9.74. The number of anilines is 1. The fraction of sp³-hybridized carbons (Fsp3) is 0.636. The summed E-state index contributed by atoms with van der Waals surface area (Å²) in [7, 11) is 0. The lowest BCUT2D eigenvalue weighted by Crippen LogP contribution is -2.42. The maximum absolute atomic E-state index is 5.81. The maximum atomic E-state index is 5.81. The Kier molecular flexibility index (Phi) is 3.41. The molecule has 1 aromatic heterocycles. The summed E-state index contributed by atoms with van der Waals surface area (Å²) in [5.74, 6) is 1.46. The number of aryl methyl sites for hydroxylation is 1. The number of halogens is 1. The maximum Gasteiger partial charge on any atom is 0.225 e. The van der Waals surface area contributed by atoms with Crippen LogP contribution < -0.4 is 4.90 Å². The SMILES string of the molecule is Cc1cnc(N(CCCl)C2CCC2)nc1. The zero-order valence-electron chi connectivity index (χ0n) is 8.99. The lowest BCUT2D eigenvalue weighted by molar-refractivity contribution is 0.386. The van der Waals surface area contributed by atoms with Crippen LogP contribution in [0.25, 0.3) is 0 Å². The van der Waals surface area contributed by atoms with Crippen LogP contribution in [0.5, 0.6) is 0 Å². The summed E-state index contributed by atoms with van der Waals surface area (Å²) in [6.07, 6.45) is 7.53. The van der Waals surface area contributed by atoms with Gasteiger partial charge in [0, 0.05) is 30.9 Å². The lowest BCUT2D eigenvalue weighted by Gasteiger charge is -2.37. The first-order chi connectivity index (χ1) is 7.31. The summed E-state index contributed by atoms with van der Waals surface area (Å²) < 4.78 is 0. The van der Waals surface area contributed by atoms with E-state index in [0.29, 0.717) is 11.9 Å². The molecule has 0 unspecified atom stereocenters. The van der Waals surface area contributed by atoms with Crippen molar-refractivity contribution >= 4 is 17.5 Å². The van der Waals surface area contributed by atoms with Crippen LogP contribution in [0.15, 0.2) is 12.4 Å². The molecular weight excluding hydrogens is 210 g/mol. The minimum atomic E-state index is 0.603. The summed E-state index contributed by atoms with van der Waals surface area (Å²) >= 11 is 5.81. The van der Waals surface area contributed by atoms with Crippen LogP contribution in [0.1, 0.15) is 24.8 Å². The molecule has 1 aromatic rings. The molecule has 0 amide bonds. The first-order valence-corrected chi connectivity index (χ1v) is 5.96. The highest BCUT2D eigenvalue weighted by molar-refractivity contribution is 6.18. The van der Waals surface area contributed by atoms with Crippen molar-refractivity contribution in [1.29, 1.82) is 0 Å². The second-order valence-electron chi connectivity index (χ2n) is 4.03. The van der Waals surface area contributed by atoms with E-state index in [-0.39, 0.29) is 0 Å². The van der Waals surface area contributed by atoms with Gasteiger partial charge in [0.2, 0.25) is 5.95 Å². The number of hydrogen-bond donors (Lipinski definition) is 0. The number of alkyl halides is 1. The van der Waals surface area contributed by atoms with Gasteiger partial charge in [-0.2, -0.15) is 0 Å². The smallest absolute Gasteiger partial charge is 0.225 e. The van der Waals surface area contributed by atoms with Crippen molar-refractivity contribution in [2.75, 3.05) is 17.3 Å². The predicted octanol–water partition coefficient (Wildman–Crippen LogP) is 2.38. The Hall–Kier alpha value is -0.830. The highest BCUT2D eigenvalue weighted by Gasteiger charge is 2.26. The summed E-state index contributed by atoms with van der Waals surface area (Å²) in [6, 6.07) is 0.603. The van der Waals surface area contributed by atoms with Gasteiger partial charge in [0.15, 0.2) is 0 Å². The molecule has 15 heavy (non-hydrogen) atoms. The van der Waals surface area contributed by atoms with Gasteiger partial charge < -0.3 is 4.90 Å². The molecule has 1 heterocycles. The molecule has 0 saturated heterocycles. The highest BCUT2D eigenvalue weighted by atomic mass is 35.5. The van der Waals surface area contributed by atoms with Gasteiger partial charge in [0.05, 0.1) is 0 Å². The fourth-order valence-corrected chi connectivity index (χ4v) is 1.95. The quantitative estimate of drug-likeness (QED) is 0.737. The Balaban J connectivity index is 2.12. The zero-order chi connectivity index (χ0) is 10.7. The molecule has 3 nitrogen and oxygen atoms in total. The molecule has 0 spiro atoms. The van der Waals surface area contributed by atoms with E-state index < -0.39 is 0 Å². The van der Waals surface area contributed by atoms with Gasteiger partial charge in [-0.25, -0.2) is 9.97 Å². The predicted molar refractivity (Wildman–Crippen MR) is 62.5 cm³/mol. The van der Waals surface area contributed by atoms with E-state index in [1.807, 2.05) is 19.3 Å². The molecule has 1 saturated carbocycles. The van der Waals surface area contributed by atoms with E-state index in [1.54, 1.807) is 0 Å². The number of aromatic nitrogens is 2. The normalized spacial score (nSPS) is 16.1. The van der Waals surface area contributed by atoms with Crippen LogP contribution in [0.2, 0.25) is 0 Å². The Bertz CT molecular complexity index is 308. The average Bonchev–Trinajstić information content (AvgIpc) is 2.16. The molecule has 4 heteroatoms. The third kappa shape index (κ3) is 2.40. The van der Waals surface area contributed by atoms with E-state index in [2.05, 4.69) is 14.9 Å². The van der Waals surface area contributed by atoms with Crippen molar-refractivity contribution in [2.24, 2.45) is 0 Å². The van der Waals surface area contributed by atoms with E-state index in [9.17, 15) is 0 Å². The van der Waals surface area contributed by atoms with Gasteiger partial charge in [-0.05, 0) is 31.7 Å². The van der Waals surface area contributed by atoms with Gasteiger partial charge in [0.1, 0.15) is 0 Å². The number of rotatable bonds is 4. The molecule has 82 valence electrons. The molecule has 0 aliphatic heterocycles. The Morgan fingerprint density at radius 1 is 1.40 bits per heavy atom. The second-order valence-corrected chi connectivity index (χ2v) is 4.41. The highest BCUT2D eigenvalue weighted by Crippen LogP contribution is 2.27. The second kappa shape index (κ2) is 4.79. The molecule has 1 fully saturated rings. The monoisotopic (exact) mass is 225 g/mol. The minimum absolute atomic E-state index is 0.603. The van der Waals surface area contributed by atoms with Crippen LogP contribution in [0.3, 0.4) is 0 Å². The molecule has 0 radical (unpaired) electrons. The Morgan fingerprint density at radius 3 is 2.53 bits per heavy atom. The Morgan fingerprint density at radius 2 is 2.07 bits per heavy atom. The van der Waals surface area contributed by atoms with Crippen molar-refractivity contribution in [1.82, 2.24) is 9.97 Å². The third-order valence-electron chi connectivity index (χ3n) is 2.87. The Labute approximate surface area is 95.5 Å². The standard InChI is InChI=1S/C11H16ClN3/c1-9-7-13-11(14-8-9)15(6-5-12)10-3-2-4-10/h7-8,10H,2-6H2,1H3. The van der Waals surface area contributed by atoms with E-state index in [1.165, 1.54) is 19.3 Å². The van der Waals surface area contributed by atoms with Crippen molar-refractivity contribution in [3.05, 3.63) is 18.0 Å². The van der Waals surface area contributed by atoms with Crippen LogP contribution >= 0.6 is 11.6 Å². The third-order valence-corrected chi connectivity index (χ3v) is 3.03.